The summed E-state index contributed by atoms with van der Waals surface area (Å²) in [5, 5.41) is 18.9. The maximum absolute atomic E-state index is 10.9. The van der Waals surface area contributed by atoms with E-state index < -0.39 is 19.9 Å². The first-order valence-corrected chi connectivity index (χ1v) is 9.02. The van der Waals surface area contributed by atoms with Gasteiger partial charge in [-0.25, -0.2) is 4.79 Å². The molecule has 0 bridgehead atoms. The van der Waals surface area contributed by atoms with Crippen LogP contribution in [0.3, 0.4) is 0 Å². The van der Waals surface area contributed by atoms with Crippen molar-refractivity contribution in [3.05, 3.63) is 0 Å². The van der Waals surface area contributed by atoms with Gasteiger partial charge in [0.25, 0.3) is 0 Å². The number of aliphatic hydroxyl groups is 1. The summed E-state index contributed by atoms with van der Waals surface area (Å²) in [5.74, 6) is -1.13. The van der Waals surface area contributed by atoms with Crippen molar-refractivity contribution in [2.24, 2.45) is 0 Å². The van der Waals surface area contributed by atoms with Crippen LogP contribution in [-0.2, 0) is 9.22 Å². The molecule has 2 atom stereocenters. The molecule has 1 rings (SSSR count). The Bertz CT molecular complexity index is 308. The van der Waals surface area contributed by atoms with E-state index in [-0.39, 0.29) is 17.6 Å². The lowest BCUT2D eigenvalue weighted by Gasteiger charge is -2.38. The number of carboxylic acids is 1. The molecule has 5 heteroatoms. The van der Waals surface area contributed by atoms with Crippen molar-refractivity contribution in [1.29, 1.82) is 0 Å². The van der Waals surface area contributed by atoms with E-state index in [0.717, 1.165) is 0 Å². The van der Waals surface area contributed by atoms with E-state index in [1.54, 1.807) is 0 Å². The van der Waals surface area contributed by atoms with E-state index in [1.165, 1.54) is 0 Å². The fraction of sp³-hybridized carbons (Fsp3) is 0.917. The minimum absolute atomic E-state index is 0.108. The van der Waals surface area contributed by atoms with Gasteiger partial charge in [0.15, 0.2) is 13.9 Å². The molecule has 0 spiro atoms. The Hall–Kier alpha value is -0.393. The average Bonchev–Trinajstić information content (AvgIpc) is 2.46. The average molecular weight is 260 g/mol. The third kappa shape index (κ3) is 3.08. The van der Waals surface area contributed by atoms with Crippen LogP contribution >= 0.6 is 0 Å². The van der Waals surface area contributed by atoms with Crippen LogP contribution in [0.4, 0.5) is 0 Å². The van der Waals surface area contributed by atoms with Crippen molar-refractivity contribution in [2.75, 3.05) is 0 Å². The molecule has 1 fully saturated rings. The Labute approximate surface area is 104 Å². The summed E-state index contributed by atoms with van der Waals surface area (Å²) in [7, 11) is -1.87. The van der Waals surface area contributed by atoms with E-state index in [9.17, 15) is 9.90 Å². The number of rotatable bonds is 3. The standard InChI is InChI=1S/C12H24O4Si/c1-11(2,3)17(4,5)16-9-6-7-12(15,8-9)10(13)14/h9,15H,6-8H2,1-5H3,(H,13,14). The normalized spacial score (nSPS) is 30.6. The summed E-state index contributed by atoms with van der Waals surface area (Å²) in [5.41, 5.74) is -1.58. The highest BCUT2D eigenvalue weighted by Gasteiger charge is 2.47. The Morgan fingerprint density at radius 3 is 2.29 bits per heavy atom. The first-order chi connectivity index (χ1) is 7.48. The number of hydrogen-bond donors (Lipinski definition) is 2. The van der Waals surface area contributed by atoms with Crippen LogP contribution in [0.15, 0.2) is 0 Å². The molecule has 0 aliphatic heterocycles. The number of carboxylic acid groups (broad SMARTS) is 1. The van der Waals surface area contributed by atoms with Crippen molar-refractivity contribution >= 4 is 14.3 Å². The number of aliphatic carboxylic acids is 1. The second-order valence-electron chi connectivity index (χ2n) is 6.58. The summed E-state index contributed by atoms with van der Waals surface area (Å²) in [6.07, 6.45) is 1.03. The molecule has 0 saturated heterocycles. The van der Waals surface area contributed by atoms with E-state index in [0.29, 0.717) is 12.8 Å². The second kappa shape index (κ2) is 4.37. The molecule has 2 unspecified atom stereocenters. The topological polar surface area (TPSA) is 66.8 Å². The van der Waals surface area contributed by atoms with Crippen LogP contribution in [0.1, 0.15) is 40.0 Å². The molecule has 0 aromatic rings. The van der Waals surface area contributed by atoms with Crippen molar-refractivity contribution in [3.8, 4) is 0 Å². The fourth-order valence-corrected chi connectivity index (χ4v) is 3.26. The second-order valence-corrected chi connectivity index (χ2v) is 11.3. The summed E-state index contributed by atoms with van der Waals surface area (Å²) in [4.78, 5) is 10.9. The quantitative estimate of drug-likeness (QED) is 0.765. The van der Waals surface area contributed by atoms with Crippen LogP contribution in [0.2, 0.25) is 18.1 Å². The van der Waals surface area contributed by atoms with Crippen LogP contribution < -0.4 is 0 Å². The van der Waals surface area contributed by atoms with Crippen molar-refractivity contribution in [2.45, 2.75) is 69.9 Å². The third-order valence-electron chi connectivity index (χ3n) is 4.11. The van der Waals surface area contributed by atoms with Crippen molar-refractivity contribution in [3.63, 3.8) is 0 Å². The van der Waals surface area contributed by atoms with Gasteiger partial charge in [-0.3, -0.25) is 0 Å². The smallest absolute Gasteiger partial charge is 0.335 e. The maximum Gasteiger partial charge on any atom is 0.335 e. The van der Waals surface area contributed by atoms with E-state index >= 15 is 0 Å². The molecule has 0 aromatic carbocycles. The van der Waals surface area contributed by atoms with Gasteiger partial charge in [-0.2, -0.15) is 0 Å². The van der Waals surface area contributed by atoms with Gasteiger partial charge in [0.05, 0.1) is 0 Å². The zero-order valence-electron chi connectivity index (χ0n) is 11.4. The Balaban J connectivity index is 2.66. The van der Waals surface area contributed by atoms with Gasteiger partial charge in [0.1, 0.15) is 0 Å². The summed E-state index contributed by atoms with van der Waals surface area (Å²) < 4.78 is 6.12. The van der Waals surface area contributed by atoms with Crippen LogP contribution in [0.25, 0.3) is 0 Å². The Morgan fingerprint density at radius 1 is 1.41 bits per heavy atom. The van der Waals surface area contributed by atoms with Gasteiger partial charge >= 0.3 is 5.97 Å². The molecular formula is C12H24O4Si. The monoisotopic (exact) mass is 260 g/mol. The molecule has 1 aliphatic rings. The lowest BCUT2D eigenvalue weighted by atomic mass is 10.0. The predicted molar refractivity (Wildman–Crippen MR) is 68.5 cm³/mol. The lowest BCUT2D eigenvalue weighted by molar-refractivity contribution is -0.158. The summed E-state index contributed by atoms with van der Waals surface area (Å²) >= 11 is 0. The highest BCUT2D eigenvalue weighted by atomic mass is 28.4. The van der Waals surface area contributed by atoms with Gasteiger partial charge in [-0.15, -0.1) is 0 Å². The highest BCUT2D eigenvalue weighted by molar-refractivity contribution is 6.74. The van der Waals surface area contributed by atoms with E-state index in [2.05, 4.69) is 33.9 Å². The third-order valence-corrected chi connectivity index (χ3v) is 8.65. The minimum atomic E-state index is -1.87. The number of hydrogen-bond acceptors (Lipinski definition) is 3. The van der Waals surface area contributed by atoms with Crippen molar-refractivity contribution < 1.29 is 19.4 Å². The summed E-state index contributed by atoms with van der Waals surface area (Å²) in [6, 6.07) is 0. The fourth-order valence-electron chi connectivity index (χ4n) is 1.87. The molecule has 4 nitrogen and oxygen atoms in total. The Morgan fingerprint density at radius 2 is 1.94 bits per heavy atom. The lowest BCUT2D eigenvalue weighted by Crippen LogP contribution is -2.44. The van der Waals surface area contributed by atoms with Gasteiger partial charge in [0, 0.05) is 12.5 Å². The first kappa shape index (κ1) is 14.7. The molecule has 1 saturated carbocycles. The molecule has 1 aliphatic carbocycles. The van der Waals surface area contributed by atoms with Crippen molar-refractivity contribution in [1.82, 2.24) is 0 Å². The molecule has 0 radical (unpaired) electrons. The molecule has 0 aromatic heterocycles. The van der Waals surface area contributed by atoms with E-state index in [4.69, 9.17) is 9.53 Å². The zero-order chi connectivity index (χ0) is 13.5. The molecule has 0 heterocycles. The van der Waals surface area contributed by atoms with Gasteiger partial charge in [-0.1, -0.05) is 20.8 Å². The molecule has 100 valence electrons. The minimum Gasteiger partial charge on any atom is -0.479 e. The number of carbonyl (C=O) groups is 1. The predicted octanol–water partition coefficient (Wildman–Crippen LogP) is 2.38. The zero-order valence-corrected chi connectivity index (χ0v) is 12.4. The molecule has 17 heavy (non-hydrogen) atoms. The van der Waals surface area contributed by atoms with Gasteiger partial charge < -0.3 is 14.6 Å². The van der Waals surface area contributed by atoms with Gasteiger partial charge in [-0.05, 0) is 31.0 Å². The molecule has 2 N–H and O–H groups in total. The molecule has 0 amide bonds. The van der Waals surface area contributed by atoms with E-state index in [1.807, 2.05) is 0 Å². The largest absolute Gasteiger partial charge is 0.479 e. The van der Waals surface area contributed by atoms with Gasteiger partial charge in [0.2, 0.25) is 0 Å². The SMILES string of the molecule is CC(C)(C)[Si](C)(C)OC1CCC(O)(C(=O)O)C1. The maximum atomic E-state index is 10.9. The first-order valence-electron chi connectivity index (χ1n) is 6.11. The van der Waals surface area contributed by atoms with Crippen LogP contribution in [0, 0.1) is 0 Å². The summed E-state index contributed by atoms with van der Waals surface area (Å²) in [6.45, 7) is 10.7. The van der Waals surface area contributed by atoms with Crippen LogP contribution in [0.5, 0.6) is 0 Å². The highest BCUT2D eigenvalue weighted by Crippen LogP contribution is 2.41. The Kier molecular flexibility index (Phi) is 3.77. The molecular weight excluding hydrogens is 236 g/mol. The van der Waals surface area contributed by atoms with Crippen LogP contribution in [-0.4, -0.2) is 36.2 Å².